The van der Waals surface area contributed by atoms with E-state index >= 15 is 0 Å². The number of benzene rings is 1. The van der Waals surface area contributed by atoms with Crippen LogP contribution in [-0.4, -0.2) is 17.9 Å². The Bertz CT molecular complexity index is 428. The highest BCUT2D eigenvalue weighted by molar-refractivity contribution is 6.61. The van der Waals surface area contributed by atoms with Crippen molar-refractivity contribution in [2.75, 3.05) is 0 Å². The van der Waals surface area contributed by atoms with Gasteiger partial charge in [0.2, 0.25) is 0 Å². The Labute approximate surface area is 88.5 Å². The molecule has 0 fully saturated rings. The van der Waals surface area contributed by atoms with Crippen LogP contribution >= 0.6 is 0 Å². The quantitative estimate of drug-likeness (QED) is 0.563. The third-order valence-corrected chi connectivity index (χ3v) is 2.58. The highest BCUT2D eigenvalue weighted by Gasteiger charge is 2.36. The van der Waals surface area contributed by atoms with Crippen molar-refractivity contribution >= 4 is 18.4 Å². The van der Waals surface area contributed by atoms with Crippen molar-refractivity contribution in [2.24, 2.45) is 0 Å². The Balaban J connectivity index is 2.41. The van der Waals surface area contributed by atoms with Crippen LogP contribution in [0, 0.1) is 0 Å². The van der Waals surface area contributed by atoms with Gasteiger partial charge in [0.05, 0.1) is 6.10 Å². The fourth-order valence-electron chi connectivity index (χ4n) is 1.70. The minimum Gasteiger partial charge on any atom is -0.423 e. The van der Waals surface area contributed by atoms with Gasteiger partial charge in [-0.15, -0.1) is 0 Å². The molecule has 1 aliphatic heterocycles. The lowest BCUT2D eigenvalue weighted by Crippen LogP contribution is -2.27. The second-order valence-corrected chi connectivity index (χ2v) is 3.58. The molecule has 1 atom stereocenters. The predicted molar refractivity (Wildman–Crippen MR) is 57.7 cm³/mol. The van der Waals surface area contributed by atoms with Gasteiger partial charge in [-0.05, 0) is 17.9 Å². The van der Waals surface area contributed by atoms with E-state index in [1.165, 1.54) is 6.92 Å². The largest absolute Gasteiger partial charge is 0.492 e. The molecule has 0 radical (unpaired) electrons. The molecule has 0 amide bonds. The molecule has 1 unspecified atom stereocenters. The first-order valence-corrected chi connectivity index (χ1v) is 4.73. The molecule has 3 nitrogen and oxygen atoms in total. The average molecular weight is 202 g/mol. The van der Waals surface area contributed by atoms with Crippen LogP contribution in [0.1, 0.15) is 18.6 Å². The molecule has 76 valence electrons. The Kier molecular flexibility index (Phi) is 2.46. The van der Waals surface area contributed by atoms with E-state index in [0.29, 0.717) is 11.0 Å². The lowest BCUT2D eigenvalue weighted by atomic mass is 9.79. The van der Waals surface area contributed by atoms with Crippen LogP contribution in [-0.2, 0) is 9.45 Å². The van der Waals surface area contributed by atoms with Crippen LogP contribution in [0.3, 0.4) is 0 Å². The smallest absolute Gasteiger partial charge is 0.423 e. The number of fused-ring (bicyclic) bond motifs is 1. The summed E-state index contributed by atoms with van der Waals surface area (Å²) in [6, 6.07) is 7.29. The molecule has 0 aromatic heterocycles. The molecule has 15 heavy (non-hydrogen) atoms. The number of rotatable bonds is 2. The molecule has 1 aliphatic rings. The molecule has 4 heteroatoms. The summed E-state index contributed by atoms with van der Waals surface area (Å²) in [5.74, 6) is -0.121. The van der Waals surface area contributed by atoms with Gasteiger partial charge in [-0.25, -0.2) is 0 Å². The van der Waals surface area contributed by atoms with Crippen LogP contribution < -0.4 is 5.46 Å². The first kappa shape index (κ1) is 10.1. The molecule has 2 rings (SSSR count). The number of hydrogen-bond acceptors (Lipinski definition) is 3. The minimum absolute atomic E-state index is 0.121. The maximum Gasteiger partial charge on any atom is 0.492 e. The van der Waals surface area contributed by atoms with Gasteiger partial charge < -0.3 is 9.68 Å². The SMILES string of the molecule is C=C(C(C)=O)C1OB(O)c2ccccc21. The summed E-state index contributed by atoms with van der Waals surface area (Å²) < 4.78 is 5.29. The summed E-state index contributed by atoms with van der Waals surface area (Å²) in [7, 11) is -0.956. The summed E-state index contributed by atoms with van der Waals surface area (Å²) >= 11 is 0. The molecule has 0 bridgehead atoms. The number of carbonyl (C=O) groups is 1. The highest BCUT2D eigenvalue weighted by Crippen LogP contribution is 2.29. The van der Waals surface area contributed by atoms with Gasteiger partial charge >= 0.3 is 7.12 Å². The zero-order valence-corrected chi connectivity index (χ0v) is 8.43. The van der Waals surface area contributed by atoms with E-state index in [9.17, 15) is 9.82 Å². The molecule has 1 N–H and O–H groups in total. The Hall–Kier alpha value is -1.39. The van der Waals surface area contributed by atoms with E-state index in [4.69, 9.17) is 4.65 Å². The van der Waals surface area contributed by atoms with Crippen LogP contribution in [0.5, 0.6) is 0 Å². The third-order valence-electron chi connectivity index (χ3n) is 2.58. The normalized spacial score (nSPS) is 18.8. The van der Waals surface area contributed by atoms with E-state index in [1.54, 1.807) is 6.07 Å². The summed E-state index contributed by atoms with van der Waals surface area (Å²) in [6.07, 6.45) is -0.506. The van der Waals surface area contributed by atoms with E-state index < -0.39 is 13.2 Å². The van der Waals surface area contributed by atoms with E-state index in [2.05, 4.69) is 6.58 Å². The standard InChI is InChI=1S/C11H11BO3/c1-7(8(2)13)11-9-5-3-4-6-10(9)12(14)15-11/h3-6,11,14H,1H2,2H3. The van der Waals surface area contributed by atoms with Crippen molar-refractivity contribution in [3.05, 3.63) is 42.0 Å². The van der Waals surface area contributed by atoms with Crippen molar-refractivity contribution in [1.82, 2.24) is 0 Å². The molecule has 1 aromatic rings. The van der Waals surface area contributed by atoms with Gasteiger partial charge in [0.15, 0.2) is 5.78 Å². The average Bonchev–Trinajstić information content (AvgIpc) is 2.56. The van der Waals surface area contributed by atoms with Gasteiger partial charge in [0, 0.05) is 5.57 Å². The summed E-state index contributed by atoms with van der Waals surface area (Å²) in [5.41, 5.74) is 1.91. The first-order chi connectivity index (χ1) is 7.11. The molecule has 1 heterocycles. The van der Waals surface area contributed by atoms with E-state index in [-0.39, 0.29) is 5.78 Å². The van der Waals surface area contributed by atoms with E-state index in [1.807, 2.05) is 18.2 Å². The fourth-order valence-corrected chi connectivity index (χ4v) is 1.70. The van der Waals surface area contributed by atoms with E-state index in [0.717, 1.165) is 5.56 Å². The zero-order valence-electron chi connectivity index (χ0n) is 8.43. The van der Waals surface area contributed by atoms with Gasteiger partial charge in [0.1, 0.15) is 0 Å². The molecule has 1 aromatic carbocycles. The predicted octanol–water partition coefficient (Wildman–Crippen LogP) is 0.591. The van der Waals surface area contributed by atoms with Crippen LogP contribution in [0.2, 0.25) is 0 Å². The molecule has 0 saturated heterocycles. The second-order valence-electron chi connectivity index (χ2n) is 3.58. The van der Waals surface area contributed by atoms with Crippen LogP contribution in [0.25, 0.3) is 0 Å². The van der Waals surface area contributed by atoms with Crippen molar-refractivity contribution in [3.8, 4) is 0 Å². The van der Waals surface area contributed by atoms with Crippen molar-refractivity contribution in [2.45, 2.75) is 13.0 Å². The topological polar surface area (TPSA) is 46.5 Å². The Morgan fingerprint density at radius 1 is 1.53 bits per heavy atom. The van der Waals surface area contributed by atoms with Gasteiger partial charge in [-0.3, -0.25) is 4.79 Å². The first-order valence-electron chi connectivity index (χ1n) is 4.73. The molecular formula is C11H11BO3. The van der Waals surface area contributed by atoms with Gasteiger partial charge in [0.25, 0.3) is 0 Å². The van der Waals surface area contributed by atoms with Crippen molar-refractivity contribution in [1.29, 1.82) is 0 Å². The maximum atomic E-state index is 11.2. The molecular weight excluding hydrogens is 191 g/mol. The Morgan fingerprint density at radius 3 is 2.87 bits per heavy atom. The number of carbonyl (C=O) groups excluding carboxylic acids is 1. The molecule has 0 saturated carbocycles. The molecule has 0 spiro atoms. The number of ketones is 1. The monoisotopic (exact) mass is 202 g/mol. The van der Waals surface area contributed by atoms with Crippen LogP contribution in [0.15, 0.2) is 36.4 Å². The fraction of sp³-hybridized carbons (Fsp3) is 0.182. The maximum absolute atomic E-state index is 11.2. The van der Waals surface area contributed by atoms with Gasteiger partial charge in [-0.2, -0.15) is 0 Å². The lowest BCUT2D eigenvalue weighted by molar-refractivity contribution is -0.114. The number of hydrogen-bond donors (Lipinski definition) is 1. The summed E-state index contributed by atoms with van der Waals surface area (Å²) in [5, 5.41) is 9.61. The summed E-state index contributed by atoms with van der Waals surface area (Å²) in [6.45, 7) is 5.13. The van der Waals surface area contributed by atoms with Crippen molar-refractivity contribution in [3.63, 3.8) is 0 Å². The van der Waals surface area contributed by atoms with Crippen molar-refractivity contribution < 1.29 is 14.5 Å². The lowest BCUT2D eigenvalue weighted by Gasteiger charge is -2.12. The minimum atomic E-state index is -0.956. The van der Waals surface area contributed by atoms with Gasteiger partial charge in [-0.1, -0.05) is 30.8 Å². The third kappa shape index (κ3) is 1.62. The van der Waals surface area contributed by atoms with Crippen LogP contribution in [0.4, 0.5) is 0 Å². The Morgan fingerprint density at radius 2 is 2.20 bits per heavy atom. The number of Topliss-reactive ketones (excluding diaryl/α,β-unsaturated/α-hetero) is 1. The molecule has 0 aliphatic carbocycles. The zero-order chi connectivity index (χ0) is 11.0. The summed E-state index contributed by atoms with van der Waals surface area (Å²) in [4.78, 5) is 11.2. The second kappa shape index (κ2) is 3.64. The highest BCUT2D eigenvalue weighted by atomic mass is 16.5.